The van der Waals surface area contributed by atoms with E-state index >= 15 is 0 Å². The number of rotatable bonds is 7. The number of fused-ring (bicyclic) bond motifs is 7. The SMILES string of the molecule is C1=CB2c3c(-c4ccc(-c5ccccc5)cc4)cc(-c4ccc(-c5cccc6ccccc56)cc4)cc3-c3ccc(-c4nc(-c5ccncc5)nc(-c5ccncc5)n4)cc3N2C=C1. The molecule has 2 aliphatic heterocycles. The number of nitrogens with zero attached hydrogens (tertiary/aromatic N) is 6. The van der Waals surface area contributed by atoms with Crippen LogP contribution in [0.1, 0.15) is 0 Å². The summed E-state index contributed by atoms with van der Waals surface area (Å²) >= 11 is 0. The normalized spacial score (nSPS) is 12.5. The van der Waals surface area contributed by atoms with Gasteiger partial charge in [-0.3, -0.25) is 9.97 Å². The molecule has 3 aromatic heterocycles. The fraction of sp³-hybridized carbons (Fsp3) is 0. The summed E-state index contributed by atoms with van der Waals surface area (Å²) in [6.45, 7) is -0.0487. The number of hydrogen-bond acceptors (Lipinski definition) is 6. The van der Waals surface area contributed by atoms with Crippen molar-refractivity contribution < 1.29 is 0 Å². The predicted octanol–water partition coefficient (Wildman–Crippen LogP) is 12.8. The van der Waals surface area contributed by atoms with Gasteiger partial charge in [0, 0.05) is 52.7 Å². The highest BCUT2D eigenvalue weighted by molar-refractivity contribution is 6.85. The Bertz CT molecular complexity index is 3360. The molecule has 7 heteroatoms. The zero-order chi connectivity index (χ0) is 42.4. The van der Waals surface area contributed by atoms with Crippen LogP contribution in [0, 0.1) is 0 Å². The van der Waals surface area contributed by atoms with Gasteiger partial charge in [-0.25, -0.2) is 15.0 Å². The molecule has 12 rings (SSSR count). The largest absolute Gasteiger partial charge is 0.383 e. The summed E-state index contributed by atoms with van der Waals surface area (Å²) in [4.78, 5) is 25.9. The van der Waals surface area contributed by atoms with E-state index in [0.717, 1.165) is 39.1 Å². The van der Waals surface area contributed by atoms with Gasteiger partial charge in [0.25, 0.3) is 0 Å². The summed E-state index contributed by atoms with van der Waals surface area (Å²) < 4.78 is 0. The van der Waals surface area contributed by atoms with E-state index < -0.39 is 0 Å². The van der Waals surface area contributed by atoms with E-state index in [1.54, 1.807) is 24.8 Å². The molecule has 298 valence electrons. The highest BCUT2D eigenvalue weighted by atomic mass is 15.1. The van der Waals surface area contributed by atoms with E-state index in [9.17, 15) is 0 Å². The number of allylic oxidation sites excluding steroid dienone is 2. The minimum Gasteiger partial charge on any atom is -0.383 e. The quantitative estimate of drug-likeness (QED) is 0.149. The second-order valence-electron chi connectivity index (χ2n) is 16.1. The molecule has 0 amide bonds. The van der Waals surface area contributed by atoms with Crippen molar-refractivity contribution >= 4 is 28.8 Å². The third kappa shape index (κ3) is 6.67. The minimum absolute atomic E-state index is 0.0487. The summed E-state index contributed by atoms with van der Waals surface area (Å²) in [5.41, 5.74) is 16.8. The maximum absolute atomic E-state index is 5.06. The Morgan fingerprint density at radius 1 is 0.359 bits per heavy atom. The summed E-state index contributed by atoms with van der Waals surface area (Å²) in [5, 5.41) is 2.49. The lowest BCUT2D eigenvalue weighted by atomic mass is 9.48. The fourth-order valence-corrected chi connectivity index (χ4v) is 9.23. The molecule has 0 spiro atoms. The van der Waals surface area contributed by atoms with Crippen LogP contribution >= 0.6 is 0 Å². The summed E-state index contributed by atoms with van der Waals surface area (Å²) in [6.07, 6.45) is 13.5. The second kappa shape index (κ2) is 15.7. The van der Waals surface area contributed by atoms with E-state index in [1.807, 2.05) is 24.3 Å². The van der Waals surface area contributed by atoms with Crippen molar-refractivity contribution in [2.75, 3.05) is 4.81 Å². The molecule has 64 heavy (non-hydrogen) atoms. The predicted molar refractivity (Wildman–Crippen MR) is 263 cm³/mol. The molecule has 0 N–H and O–H groups in total. The third-order valence-corrected chi connectivity index (χ3v) is 12.4. The average Bonchev–Trinajstić information content (AvgIpc) is 3.39. The molecule has 0 unspecified atom stereocenters. The Hall–Kier alpha value is -8.55. The summed E-state index contributed by atoms with van der Waals surface area (Å²) in [6, 6.07) is 62.9. The molecule has 6 nitrogen and oxygen atoms in total. The van der Waals surface area contributed by atoms with Crippen LogP contribution in [0.2, 0.25) is 0 Å². The number of aromatic nitrogens is 5. The highest BCUT2D eigenvalue weighted by Gasteiger charge is 2.36. The number of anilines is 1. The molecule has 0 saturated carbocycles. The zero-order valence-corrected chi connectivity index (χ0v) is 34.6. The maximum atomic E-state index is 5.06. The van der Waals surface area contributed by atoms with Crippen LogP contribution in [-0.2, 0) is 0 Å². The Labute approximate surface area is 371 Å². The average molecular weight is 817 g/mol. The molecular formula is C57H37BN6. The van der Waals surface area contributed by atoms with E-state index in [4.69, 9.17) is 15.0 Å². The molecule has 0 atom stereocenters. The minimum atomic E-state index is -0.0487. The molecule has 0 fully saturated rings. The van der Waals surface area contributed by atoms with Crippen LogP contribution in [0.5, 0.6) is 0 Å². The van der Waals surface area contributed by atoms with Gasteiger partial charge in [0.05, 0.1) is 0 Å². The fourth-order valence-electron chi connectivity index (χ4n) is 9.23. The van der Waals surface area contributed by atoms with Gasteiger partial charge in [0.1, 0.15) is 0 Å². The third-order valence-electron chi connectivity index (χ3n) is 12.4. The van der Waals surface area contributed by atoms with Crippen molar-refractivity contribution in [3.63, 3.8) is 0 Å². The van der Waals surface area contributed by atoms with Gasteiger partial charge in [-0.15, -0.1) is 0 Å². The monoisotopic (exact) mass is 816 g/mol. The van der Waals surface area contributed by atoms with Gasteiger partial charge in [-0.05, 0) is 121 Å². The molecule has 0 radical (unpaired) electrons. The first-order chi connectivity index (χ1) is 31.7. The van der Waals surface area contributed by atoms with E-state index in [1.165, 1.54) is 55.2 Å². The topological polar surface area (TPSA) is 67.7 Å². The maximum Gasteiger partial charge on any atom is 0.321 e. The summed E-state index contributed by atoms with van der Waals surface area (Å²) in [5.74, 6) is 4.07. The van der Waals surface area contributed by atoms with Crippen molar-refractivity contribution in [2.24, 2.45) is 0 Å². The van der Waals surface area contributed by atoms with E-state index in [-0.39, 0.29) is 6.85 Å². The van der Waals surface area contributed by atoms with Crippen LogP contribution in [0.25, 0.3) is 101 Å². The number of benzene rings is 7. The van der Waals surface area contributed by atoms with Crippen molar-refractivity contribution in [1.82, 2.24) is 24.9 Å². The molecule has 10 aromatic rings. The second-order valence-corrected chi connectivity index (χ2v) is 16.1. The first-order valence-electron chi connectivity index (χ1n) is 21.5. The standard InChI is InChI=1S/C57H37BN6/c1-2-9-38(10-3-1)39-15-21-43(22-16-39)51-35-47(40-17-19-42(20-18-40)49-14-8-12-41-11-4-5-13-48(41)49)36-52-50-24-23-46(37-53(50)64-34-7-6-29-58(64)54(51)52)57-62-55(44-25-30-59-31-26-44)61-56(63-57)45-27-32-60-33-28-45/h1-37H. The van der Waals surface area contributed by atoms with Gasteiger partial charge in [0.2, 0.25) is 0 Å². The Morgan fingerprint density at radius 2 is 0.906 bits per heavy atom. The van der Waals surface area contributed by atoms with Gasteiger partial charge < -0.3 is 4.81 Å². The van der Waals surface area contributed by atoms with Crippen LogP contribution in [0.4, 0.5) is 5.69 Å². The lowest BCUT2D eigenvalue weighted by molar-refractivity contribution is 1.07. The van der Waals surface area contributed by atoms with Crippen molar-refractivity contribution in [3.8, 4) is 89.8 Å². The van der Waals surface area contributed by atoms with Crippen LogP contribution < -0.4 is 10.3 Å². The first kappa shape index (κ1) is 37.2. The van der Waals surface area contributed by atoms with Crippen molar-refractivity contribution in [3.05, 3.63) is 225 Å². The first-order valence-corrected chi connectivity index (χ1v) is 21.5. The van der Waals surface area contributed by atoms with Crippen molar-refractivity contribution in [1.29, 1.82) is 0 Å². The molecule has 0 saturated heterocycles. The smallest absolute Gasteiger partial charge is 0.321 e. The Balaban J connectivity index is 1.03. The Morgan fingerprint density at radius 3 is 1.61 bits per heavy atom. The lowest BCUT2D eigenvalue weighted by Crippen LogP contribution is -2.50. The van der Waals surface area contributed by atoms with Gasteiger partial charge in [0.15, 0.2) is 17.5 Å². The van der Waals surface area contributed by atoms with Crippen LogP contribution in [0.3, 0.4) is 0 Å². The van der Waals surface area contributed by atoms with E-state index in [2.05, 4.69) is 191 Å². The van der Waals surface area contributed by atoms with E-state index in [0.29, 0.717) is 17.5 Å². The molecule has 2 aliphatic rings. The molecule has 0 aliphatic carbocycles. The zero-order valence-electron chi connectivity index (χ0n) is 34.6. The summed E-state index contributed by atoms with van der Waals surface area (Å²) in [7, 11) is 0. The highest BCUT2D eigenvalue weighted by Crippen LogP contribution is 2.43. The molecular weight excluding hydrogens is 779 g/mol. The van der Waals surface area contributed by atoms with Crippen molar-refractivity contribution in [2.45, 2.75) is 0 Å². The Kier molecular flexibility index (Phi) is 9.15. The van der Waals surface area contributed by atoms with Gasteiger partial charge in [-0.2, -0.15) is 0 Å². The number of pyridine rings is 2. The van der Waals surface area contributed by atoms with Gasteiger partial charge >= 0.3 is 6.85 Å². The molecule has 7 aromatic carbocycles. The molecule has 0 bridgehead atoms. The van der Waals surface area contributed by atoms with Gasteiger partial charge in [-0.1, -0.05) is 146 Å². The number of hydrogen-bond donors (Lipinski definition) is 0. The van der Waals surface area contributed by atoms with Crippen LogP contribution in [-0.4, -0.2) is 31.8 Å². The lowest BCUT2D eigenvalue weighted by Gasteiger charge is -2.38. The molecule has 5 heterocycles. The van der Waals surface area contributed by atoms with Crippen LogP contribution in [0.15, 0.2) is 225 Å².